The van der Waals surface area contributed by atoms with Gasteiger partial charge in [0.25, 0.3) is 5.91 Å². The number of rotatable bonds is 5. The number of aromatic hydroxyl groups is 1. The Morgan fingerprint density at radius 1 is 1.36 bits per heavy atom. The van der Waals surface area contributed by atoms with Crippen LogP contribution < -0.4 is 4.74 Å². The van der Waals surface area contributed by atoms with E-state index in [1.165, 1.54) is 6.07 Å². The highest BCUT2D eigenvalue weighted by Gasteiger charge is 2.29. The van der Waals surface area contributed by atoms with E-state index in [0.717, 1.165) is 0 Å². The van der Waals surface area contributed by atoms with Crippen LogP contribution in [0.5, 0.6) is 11.5 Å². The van der Waals surface area contributed by atoms with Crippen LogP contribution in [0, 0.1) is 6.07 Å². The Morgan fingerprint density at radius 2 is 2.24 bits per heavy atom. The van der Waals surface area contributed by atoms with Crippen LogP contribution >= 0.6 is 0 Å². The molecule has 6 nitrogen and oxygen atoms in total. The number of morpholine rings is 1. The van der Waals surface area contributed by atoms with Gasteiger partial charge in [-0.1, -0.05) is 24.3 Å². The van der Waals surface area contributed by atoms with Crippen LogP contribution in [-0.4, -0.2) is 54.6 Å². The third-order valence-electron chi connectivity index (χ3n) is 4.02. The monoisotopic (exact) mass is 340 g/mol. The van der Waals surface area contributed by atoms with E-state index in [1.54, 1.807) is 41.3 Å². The zero-order valence-electron chi connectivity index (χ0n) is 13.6. The molecule has 1 atom stereocenters. The van der Waals surface area contributed by atoms with Gasteiger partial charge < -0.3 is 19.5 Å². The van der Waals surface area contributed by atoms with Crippen LogP contribution in [0.25, 0.3) is 0 Å². The van der Waals surface area contributed by atoms with Gasteiger partial charge in [-0.05, 0) is 24.3 Å². The highest BCUT2D eigenvalue weighted by atomic mass is 16.5. The van der Waals surface area contributed by atoms with E-state index in [9.17, 15) is 14.7 Å². The second-order valence-electron chi connectivity index (χ2n) is 5.62. The normalized spacial score (nSPS) is 17.1. The van der Waals surface area contributed by atoms with Gasteiger partial charge >= 0.3 is 0 Å². The summed E-state index contributed by atoms with van der Waals surface area (Å²) in [7, 11) is 0. The molecule has 1 radical (unpaired) electrons. The lowest BCUT2D eigenvalue weighted by atomic mass is 10.1. The van der Waals surface area contributed by atoms with E-state index in [-0.39, 0.29) is 35.6 Å². The second-order valence-corrected chi connectivity index (χ2v) is 5.62. The average molecular weight is 340 g/mol. The summed E-state index contributed by atoms with van der Waals surface area (Å²) in [6, 6.07) is 14.3. The summed E-state index contributed by atoms with van der Waals surface area (Å²) in [4.78, 5) is 25.5. The van der Waals surface area contributed by atoms with Gasteiger partial charge in [0.1, 0.15) is 18.1 Å². The third-order valence-corrected chi connectivity index (χ3v) is 4.02. The van der Waals surface area contributed by atoms with E-state index in [2.05, 4.69) is 6.07 Å². The lowest BCUT2D eigenvalue weighted by molar-refractivity contribution is -0.0151. The predicted octanol–water partition coefficient (Wildman–Crippen LogP) is 1.92. The second kappa shape index (κ2) is 7.81. The Kier molecular flexibility index (Phi) is 5.30. The Balaban J connectivity index is 1.73. The summed E-state index contributed by atoms with van der Waals surface area (Å²) in [5, 5.41) is 9.71. The average Bonchev–Trinajstić information content (AvgIpc) is 2.67. The Hall–Kier alpha value is -2.86. The number of benzene rings is 2. The number of aldehydes is 1. The Bertz CT molecular complexity index is 747. The Morgan fingerprint density at radius 3 is 3.00 bits per heavy atom. The minimum atomic E-state index is -0.295. The zero-order chi connectivity index (χ0) is 17.6. The first-order valence-electron chi connectivity index (χ1n) is 7.96. The van der Waals surface area contributed by atoms with Crippen LogP contribution in [0.1, 0.15) is 20.7 Å². The molecule has 0 bridgehead atoms. The third kappa shape index (κ3) is 3.80. The maximum Gasteiger partial charge on any atom is 0.255 e. The van der Waals surface area contributed by atoms with Crippen LogP contribution in [-0.2, 0) is 4.74 Å². The van der Waals surface area contributed by atoms with Gasteiger partial charge in [-0.2, -0.15) is 0 Å². The number of ether oxygens (including phenoxy) is 2. The quantitative estimate of drug-likeness (QED) is 0.842. The molecule has 3 rings (SSSR count). The van der Waals surface area contributed by atoms with E-state index in [1.807, 2.05) is 0 Å². The molecule has 2 aromatic carbocycles. The summed E-state index contributed by atoms with van der Waals surface area (Å²) in [6.07, 6.45) is 0.546. The molecule has 1 aliphatic heterocycles. The molecule has 1 fully saturated rings. The summed E-state index contributed by atoms with van der Waals surface area (Å²) in [6.45, 7) is 1.41. The van der Waals surface area contributed by atoms with Crippen molar-refractivity contribution in [2.75, 3.05) is 26.4 Å². The summed E-state index contributed by atoms with van der Waals surface area (Å²) in [5.41, 5.74) is 0.578. The van der Waals surface area contributed by atoms with Gasteiger partial charge in [0, 0.05) is 12.1 Å². The van der Waals surface area contributed by atoms with Gasteiger partial charge in [0.05, 0.1) is 24.8 Å². The number of phenols is 1. The molecular weight excluding hydrogens is 322 g/mol. The number of carbonyl (C=O) groups is 2. The first kappa shape index (κ1) is 17.0. The van der Waals surface area contributed by atoms with Crippen molar-refractivity contribution >= 4 is 12.2 Å². The van der Waals surface area contributed by atoms with Crippen LogP contribution in [0.15, 0.2) is 42.5 Å². The smallest absolute Gasteiger partial charge is 0.255 e. The van der Waals surface area contributed by atoms with Crippen molar-refractivity contribution in [2.45, 2.75) is 6.04 Å². The van der Waals surface area contributed by atoms with Crippen LogP contribution in [0.4, 0.5) is 0 Å². The fourth-order valence-electron chi connectivity index (χ4n) is 2.70. The highest BCUT2D eigenvalue weighted by Crippen LogP contribution is 2.26. The number of carbonyl (C=O) groups excluding carboxylic acids is 2. The lowest BCUT2D eigenvalue weighted by Gasteiger charge is -2.35. The number of hydrogen-bond donors (Lipinski definition) is 1. The predicted molar refractivity (Wildman–Crippen MR) is 89.9 cm³/mol. The molecule has 0 unspecified atom stereocenters. The van der Waals surface area contributed by atoms with E-state index in [4.69, 9.17) is 9.47 Å². The molecule has 0 saturated carbocycles. The van der Waals surface area contributed by atoms with E-state index < -0.39 is 0 Å². The first-order chi connectivity index (χ1) is 12.2. The van der Waals surface area contributed by atoms with Crippen molar-refractivity contribution in [3.8, 4) is 11.5 Å². The molecule has 1 heterocycles. The van der Waals surface area contributed by atoms with Crippen LogP contribution in [0.3, 0.4) is 0 Å². The van der Waals surface area contributed by atoms with Crippen molar-refractivity contribution < 1.29 is 24.2 Å². The molecule has 6 heteroatoms. The number of nitrogens with zero attached hydrogens (tertiary/aromatic N) is 1. The van der Waals surface area contributed by atoms with E-state index >= 15 is 0 Å². The molecule has 1 saturated heterocycles. The number of hydrogen-bond acceptors (Lipinski definition) is 5. The minimum absolute atomic E-state index is 0.0912. The van der Waals surface area contributed by atoms with Crippen molar-refractivity contribution in [2.24, 2.45) is 0 Å². The standard InChI is InChI=1S/C19H18NO5/c21-11-16-17(22)7-4-8-18(16)25-13-15-12-24-10-9-20(15)19(23)14-5-2-1-3-6-14/h1-5,7-8,11,15,22H,9-10,12-13H2/t15-/m0/s1. The SMILES string of the molecule is O=Cc1c(O)cccc1OC[C@@H]1COCCN1C(=O)c1[c]cccc1. The van der Waals surface area contributed by atoms with Crippen molar-refractivity contribution in [1.29, 1.82) is 0 Å². The maximum absolute atomic E-state index is 12.7. The fraction of sp³-hybridized carbons (Fsp3) is 0.263. The molecule has 1 N–H and O–H groups in total. The topological polar surface area (TPSA) is 76.1 Å². The molecule has 0 spiro atoms. The van der Waals surface area contributed by atoms with Crippen molar-refractivity contribution in [3.05, 3.63) is 59.7 Å². The van der Waals surface area contributed by atoms with E-state index in [0.29, 0.717) is 31.6 Å². The maximum atomic E-state index is 12.7. The van der Waals surface area contributed by atoms with Crippen molar-refractivity contribution in [3.63, 3.8) is 0 Å². The van der Waals surface area contributed by atoms with Gasteiger partial charge in [-0.25, -0.2) is 0 Å². The first-order valence-corrected chi connectivity index (χ1v) is 7.96. The highest BCUT2D eigenvalue weighted by molar-refractivity contribution is 5.94. The molecule has 0 aromatic heterocycles. The van der Waals surface area contributed by atoms with Gasteiger partial charge in [-0.15, -0.1) is 0 Å². The number of amides is 1. The van der Waals surface area contributed by atoms with Crippen molar-refractivity contribution in [1.82, 2.24) is 4.90 Å². The fourth-order valence-corrected chi connectivity index (χ4v) is 2.70. The molecule has 1 aliphatic rings. The molecule has 2 aromatic rings. The van der Waals surface area contributed by atoms with Gasteiger partial charge in [0.15, 0.2) is 6.29 Å². The number of phenolic OH excluding ortho intramolecular Hbond substituents is 1. The summed E-state index contributed by atoms with van der Waals surface area (Å²) < 4.78 is 11.2. The molecular formula is C19H18NO5. The van der Waals surface area contributed by atoms with Gasteiger partial charge in [-0.3, -0.25) is 9.59 Å². The van der Waals surface area contributed by atoms with Gasteiger partial charge in [0.2, 0.25) is 0 Å². The van der Waals surface area contributed by atoms with Crippen LogP contribution in [0.2, 0.25) is 0 Å². The molecule has 25 heavy (non-hydrogen) atoms. The summed E-state index contributed by atoms with van der Waals surface area (Å²) in [5.74, 6) is 0.00229. The minimum Gasteiger partial charge on any atom is -0.507 e. The largest absolute Gasteiger partial charge is 0.507 e. The summed E-state index contributed by atoms with van der Waals surface area (Å²) >= 11 is 0. The molecule has 0 aliphatic carbocycles. The Labute approximate surface area is 145 Å². The molecule has 1 amide bonds. The lowest BCUT2D eigenvalue weighted by Crippen LogP contribution is -2.51. The molecule has 129 valence electrons. The zero-order valence-corrected chi connectivity index (χ0v) is 13.6.